The number of nitrogens with zero attached hydrogens (tertiary/aromatic N) is 4. The van der Waals surface area contributed by atoms with Crippen LogP contribution in [0.2, 0.25) is 0 Å². The molecule has 1 saturated heterocycles. The molecule has 180 valence electrons. The molecule has 1 saturated carbocycles. The number of nitrogens with one attached hydrogen (secondary N) is 1. The molecule has 0 bridgehead atoms. The van der Waals surface area contributed by atoms with Gasteiger partial charge >= 0.3 is 0 Å². The number of likely N-dealkylation sites (tertiary alicyclic amines) is 1. The predicted octanol–water partition coefficient (Wildman–Crippen LogP) is 3.23. The van der Waals surface area contributed by atoms with Gasteiger partial charge in [0.1, 0.15) is 5.69 Å². The summed E-state index contributed by atoms with van der Waals surface area (Å²) >= 11 is 0. The van der Waals surface area contributed by atoms with Crippen molar-refractivity contribution in [3.63, 3.8) is 0 Å². The predicted molar refractivity (Wildman–Crippen MR) is 126 cm³/mol. The summed E-state index contributed by atoms with van der Waals surface area (Å²) in [5.41, 5.74) is -0.642. The van der Waals surface area contributed by atoms with E-state index in [9.17, 15) is 14.7 Å². The highest BCUT2D eigenvalue weighted by atomic mass is 16.3. The molecule has 8 heteroatoms. The number of carbonyl (C=O) groups is 1. The second-order valence-corrected chi connectivity index (χ2v) is 10.8. The standard InChI is InChI=1S/C25H37N5O3/c1-18(13-19-7-5-4-6-8-19)23(32)29-12-10-25(33,24(2,3)16-29)17-30-15-21(26-14-22(30)31)20-9-11-27-28-20/h9,11,14-15,18-19,33H,4-8,10,12-13,16-17H2,1-3H3,(H,27,28). The summed E-state index contributed by atoms with van der Waals surface area (Å²) in [7, 11) is 0. The Hall–Kier alpha value is -2.48. The summed E-state index contributed by atoms with van der Waals surface area (Å²) in [5, 5.41) is 18.5. The Kier molecular flexibility index (Phi) is 6.75. The van der Waals surface area contributed by atoms with Crippen molar-refractivity contribution in [1.29, 1.82) is 0 Å². The van der Waals surface area contributed by atoms with Gasteiger partial charge in [0, 0.05) is 36.8 Å². The highest BCUT2D eigenvalue weighted by Crippen LogP contribution is 2.40. The van der Waals surface area contributed by atoms with Crippen LogP contribution in [0.1, 0.15) is 65.7 Å². The summed E-state index contributed by atoms with van der Waals surface area (Å²) in [6, 6.07) is 1.79. The highest BCUT2D eigenvalue weighted by molar-refractivity contribution is 5.78. The Bertz CT molecular complexity index is 1010. The number of aromatic nitrogens is 4. The first-order valence-corrected chi connectivity index (χ1v) is 12.3. The maximum atomic E-state index is 13.2. The van der Waals surface area contributed by atoms with Crippen LogP contribution in [0.15, 0.2) is 29.5 Å². The number of carbonyl (C=O) groups excluding carboxylic acids is 1. The average Bonchev–Trinajstić information content (AvgIpc) is 3.32. The van der Waals surface area contributed by atoms with Crippen LogP contribution < -0.4 is 5.56 Å². The van der Waals surface area contributed by atoms with Crippen LogP contribution in [0.25, 0.3) is 11.4 Å². The number of hydrogen-bond donors (Lipinski definition) is 2. The zero-order chi connectivity index (χ0) is 23.6. The first kappa shape index (κ1) is 23.7. The van der Waals surface area contributed by atoms with Gasteiger partial charge in [0.15, 0.2) is 0 Å². The zero-order valence-corrected chi connectivity index (χ0v) is 20.1. The zero-order valence-electron chi connectivity index (χ0n) is 20.1. The summed E-state index contributed by atoms with van der Waals surface area (Å²) in [5.74, 6) is 0.864. The molecule has 2 unspecified atom stereocenters. The van der Waals surface area contributed by atoms with Crippen LogP contribution in [0.3, 0.4) is 0 Å². The molecular weight excluding hydrogens is 418 g/mol. The van der Waals surface area contributed by atoms with Crippen molar-refractivity contribution in [2.75, 3.05) is 13.1 Å². The van der Waals surface area contributed by atoms with Gasteiger partial charge < -0.3 is 14.6 Å². The Balaban J connectivity index is 1.45. The van der Waals surface area contributed by atoms with Crippen molar-refractivity contribution >= 4 is 5.91 Å². The molecule has 33 heavy (non-hydrogen) atoms. The van der Waals surface area contributed by atoms with Crippen molar-refractivity contribution < 1.29 is 9.90 Å². The van der Waals surface area contributed by atoms with Crippen LogP contribution in [-0.4, -0.2) is 54.4 Å². The SMILES string of the molecule is CC(CC1CCCCC1)C(=O)N1CCC(O)(Cn2cc(-c3ccn[nH]3)ncc2=O)C(C)(C)C1. The Labute approximate surface area is 195 Å². The van der Waals surface area contributed by atoms with E-state index in [-0.39, 0.29) is 23.9 Å². The lowest BCUT2D eigenvalue weighted by Gasteiger charge is -2.51. The normalized spacial score (nSPS) is 24.5. The first-order chi connectivity index (χ1) is 15.7. The third-order valence-electron chi connectivity index (χ3n) is 7.87. The minimum atomic E-state index is -1.12. The topological polar surface area (TPSA) is 104 Å². The largest absolute Gasteiger partial charge is 0.387 e. The minimum absolute atomic E-state index is 0.00914. The Morgan fingerprint density at radius 3 is 2.73 bits per heavy atom. The molecule has 1 aliphatic heterocycles. The molecular formula is C25H37N5O3. The quantitative estimate of drug-likeness (QED) is 0.696. The van der Waals surface area contributed by atoms with Gasteiger partial charge in [-0.1, -0.05) is 52.9 Å². The lowest BCUT2D eigenvalue weighted by molar-refractivity contribution is -0.157. The van der Waals surface area contributed by atoms with E-state index in [0.29, 0.717) is 36.8 Å². The van der Waals surface area contributed by atoms with Crippen LogP contribution in [-0.2, 0) is 11.3 Å². The van der Waals surface area contributed by atoms with Gasteiger partial charge in [-0.25, -0.2) is 4.98 Å². The molecule has 2 fully saturated rings. The van der Waals surface area contributed by atoms with Crippen molar-refractivity contribution in [1.82, 2.24) is 24.6 Å². The number of rotatable bonds is 6. The molecule has 1 amide bonds. The second-order valence-electron chi connectivity index (χ2n) is 10.8. The van der Waals surface area contributed by atoms with Gasteiger partial charge in [-0.15, -0.1) is 0 Å². The molecule has 2 atom stereocenters. The van der Waals surface area contributed by atoms with Crippen molar-refractivity contribution in [3.05, 3.63) is 35.0 Å². The van der Waals surface area contributed by atoms with Gasteiger partial charge in [-0.05, 0) is 24.8 Å². The van der Waals surface area contributed by atoms with Crippen molar-refractivity contribution in [3.8, 4) is 11.4 Å². The lowest BCUT2D eigenvalue weighted by atomic mass is 9.69. The van der Waals surface area contributed by atoms with E-state index in [1.807, 2.05) is 18.7 Å². The monoisotopic (exact) mass is 455 g/mol. The first-order valence-electron chi connectivity index (χ1n) is 12.3. The fraction of sp³-hybridized carbons (Fsp3) is 0.680. The summed E-state index contributed by atoms with van der Waals surface area (Å²) in [6.07, 6.45) is 12.3. The third kappa shape index (κ3) is 5.05. The fourth-order valence-corrected chi connectivity index (χ4v) is 5.56. The molecule has 2 aromatic heterocycles. The smallest absolute Gasteiger partial charge is 0.269 e. The maximum absolute atomic E-state index is 13.2. The third-order valence-corrected chi connectivity index (χ3v) is 7.87. The van der Waals surface area contributed by atoms with E-state index in [1.54, 1.807) is 18.5 Å². The van der Waals surface area contributed by atoms with Crippen LogP contribution in [0.5, 0.6) is 0 Å². The molecule has 8 nitrogen and oxygen atoms in total. The van der Waals surface area contributed by atoms with Gasteiger partial charge in [0.05, 0.1) is 24.0 Å². The van der Waals surface area contributed by atoms with E-state index in [0.717, 1.165) is 6.42 Å². The van der Waals surface area contributed by atoms with Crippen LogP contribution >= 0.6 is 0 Å². The second kappa shape index (κ2) is 9.41. The molecule has 2 aromatic rings. The minimum Gasteiger partial charge on any atom is -0.387 e. The van der Waals surface area contributed by atoms with Crippen LogP contribution in [0, 0.1) is 17.3 Å². The van der Waals surface area contributed by atoms with E-state index in [1.165, 1.54) is 42.9 Å². The summed E-state index contributed by atoms with van der Waals surface area (Å²) < 4.78 is 1.52. The Morgan fingerprint density at radius 1 is 1.30 bits per heavy atom. The number of amides is 1. The molecule has 2 aliphatic rings. The summed E-state index contributed by atoms with van der Waals surface area (Å²) in [4.78, 5) is 31.9. The molecule has 1 aliphatic carbocycles. The van der Waals surface area contributed by atoms with Crippen molar-refractivity contribution in [2.24, 2.45) is 17.3 Å². The number of aromatic amines is 1. The van der Waals surface area contributed by atoms with E-state index in [2.05, 4.69) is 22.1 Å². The van der Waals surface area contributed by atoms with Gasteiger partial charge in [0.25, 0.3) is 5.56 Å². The molecule has 3 heterocycles. The van der Waals surface area contributed by atoms with Gasteiger partial charge in [0.2, 0.25) is 5.91 Å². The molecule has 0 aromatic carbocycles. The molecule has 0 radical (unpaired) electrons. The fourth-order valence-electron chi connectivity index (χ4n) is 5.56. The lowest BCUT2D eigenvalue weighted by Crippen LogP contribution is -2.61. The van der Waals surface area contributed by atoms with E-state index < -0.39 is 11.0 Å². The van der Waals surface area contributed by atoms with Crippen molar-refractivity contribution in [2.45, 2.75) is 77.9 Å². The number of piperidine rings is 1. The van der Waals surface area contributed by atoms with Gasteiger partial charge in [-0.3, -0.25) is 14.7 Å². The number of hydrogen-bond acceptors (Lipinski definition) is 5. The molecule has 4 rings (SSSR count). The molecule has 0 spiro atoms. The van der Waals surface area contributed by atoms with E-state index >= 15 is 0 Å². The number of aliphatic hydroxyl groups is 1. The average molecular weight is 456 g/mol. The van der Waals surface area contributed by atoms with Crippen LogP contribution in [0.4, 0.5) is 0 Å². The Morgan fingerprint density at radius 2 is 2.06 bits per heavy atom. The number of H-pyrrole nitrogens is 1. The van der Waals surface area contributed by atoms with E-state index in [4.69, 9.17) is 0 Å². The highest BCUT2D eigenvalue weighted by Gasteiger charge is 2.49. The maximum Gasteiger partial charge on any atom is 0.269 e. The summed E-state index contributed by atoms with van der Waals surface area (Å²) in [6.45, 7) is 7.16. The van der Waals surface area contributed by atoms with Gasteiger partial charge in [-0.2, -0.15) is 5.10 Å². The molecule has 2 N–H and O–H groups in total.